The second-order valence-corrected chi connectivity index (χ2v) is 8.99. The fourth-order valence-corrected chi connectivity index (χ4v) is 4.26. The first-order valence-corrected chi connectivity index (χ1v) is 11.8. The lowest BCUT2D eigenvalue weighted by molar-refractivity contribution is -0.862. The highest BCUT2D eigenvalue weighted by atomic mass is 32.2. The number of rotatable bonds is 10. The number of anilines is 1. The molecule has 30 heavy (non-hydrogen) atoms. The molecule has 1 unspecified atom stereocenters. The van der Waals surface area contributed by atoms with Crippen LogP contribution in [0.3, 0.4) is 0 Å². The van der Waals surface area contributed by atoms with E-state index in [-0.39, 0.29) is 24.4 Å². The number of quaternary nitrogens is 1. The largest absolute Gasteiger partial charge is 0.331 e. The van der Waals surface area contributed by atoms with Crippen molar-refractivity contribution in [3.05, 3.63) is 60.2 Å². The minimum atomic E-state index is -0.0772. The summed E-state index contributed by atoms with van der Waals surface area (Å²) in [6.45, 7) is 3.34. The van der Waals surface area contributed by atoms with Crippen LogP contribution >= 0.6 is 11.8 Å². The topological polar surface area (TPSA) is 53.9 Å². The van der Waals surface area contributed by atoms with Crippen LogP contribution < -0.4 is 10.2 Å². The molecule has 2 atom stereocenters. The van der Waals surface area contributed by atoms with E-state index in [2.05, 4.69) is 24.4 Å². The molecule has 0 aromatic heterocycles. The van der Waals surface area contributed by atoms with Gasteiger partial charge in [-0.1, -0.05) is 42.5 Å². The highest BCUT2D eigenvalue weighted by Gasteiger charge is 2.35. The van der Waals surface area contributed by atoms with Gasteiger partial charge < -0.3 is 15.1 Å². The molecule has 6 heteroatoms. The Hall–Kier alpha value is -2.31. The maximum absolute atomic E-state index is 13.1. The van der Waals surface area contributed by atoms with E-state index < -0.39 is 0 Å². The molecule has 1 aliphatic rings. The van der Waals surface area contributed by atoms with E-state index in [9.17, 15) is 9.59 Å². The van der Waals surface area contributed by atoms with Gasteiger partial charge in [0.05, 0.1) is 12.7 Å². The van der Waals surface area contributed by atoms with Gasteiger partial charge in [0.25, 0.3) is 11.8 Å². The number of hydrogen-bond acceptors (Lipinski definition) is 3. The number of nitrogens with zero attached hydrogens (tertiary/aromatic N) is 1. The Bertz CT molecular complexity index is 855. The molecule has 5 nitrogen and oxygen atoms in total. The molecule has 1 aliphatic carbocycles. The summed E-state index contributed by atoms with van der Waals surface area (Å²) in [5, 5.41) is 2.98. The highest BCUT2D eigenvalue weighted by molar-refractivity contribution is 7.98. The number of thioether (sulfide) groups is 1. The number of benzene rings is 2. The van der Waals surface area contributed by atoms with E-state index in [4.69, 9.17) is 0 Å². The Balaban J connectivity index is 1.58. The first-order chi connectivity index (χ1) is 14.5. The van der Waals surface area contributed by atoms with E-state index in [1.165, 1.54) is 12.8 Å². The van der Waals surface area contributed by atoms with Crippen molar-refractivity contribution in [2.45, 2.75) is 37.2 Å². The number of para-hydroxylation sites is 1. The monoisotopic (exact) mass is 426 g/mol. The fourth-order valence-electron chi connectivity index (χ4n) is 3.71. The van der Waals surface area contributed by atoms with E-state index in [0.717, 1.165) is 21.0 Å². The molecule has 0 saturated heterocycles. The zero-order valence-electron chi connectivity index (χ0n) is 18.1. The number of nitrogens with one attached hydrogen (secondary N) is 2. The Morgan fingerprint density at radius 2 is 1.77 bits per heavy atom. The van der Waals surface area contributed by atoms with Crippen molar-refractivity contribution in [1.82, 2.24) is 4.90 Å². The summed E-state index contributed by atoms with van der Waals surface area (Å²) in [6.07, 6.45) is 4.38. The average Bonchev–Trinajstić information content (AvgIpc) is 3.58. The Kier molecular flexibility index (Phi) is 7.94. The Labute approximate surface area is 183 Å². The van der Waals surface area contributed by atoms with Crippen molar-refractivity contribution in [1.29, 1.82) is 0 Å². The minimum Gasteiger partial charge on any atom is -0.331 e. The van der Waals surface area contributed by atoms with E-state index in [0.29, 0.717) is 19.0 Å². The summed E-state index contributed by atoms with van der Waals surface area (Å²) in [5.41, 5.74) is 1.96. The third-order valence-electron chi connectivity index (χ3n) is 5.61. The summed E-state index contributed by atoms with van der Waals surface area (Å²) in [7, 11) is 1.90. The quantitative estimate of drug-likeness (QED) is 0.575. The third kappa shape index (κ3) is 6.34. The third-order valence-corrected chi connectivity index (χ3v) is 6.40. The molecule has 2 aromatic rings. The normalized spacial score (nSPS) is 15.3. The first-order valence-electron chi connectivity index (χ1n) is 10.6. The molecule has 0 aliphatic heterocycles. The van der Waals surface area contributed by atoms with Crippen molar-refractivity contribution in [3.63, 3.8) is 0 Å². The average molecular weight is 427 g/mol. The molecule has 0 radical (unpaired) electrons. The molecule has 0 bridgehead atoms. The molecule has 1 fully saturated rings. The molecule has 160 valence electrons. The maximum atomic E-state index is 13.1. The van der Waals surface area contributed by atoms with Gasteiger partial charge in [-0.25, -0.2) is 0 Å². The van der Waals surface area contributed by atoms with Crippen molar-refractivity contribution >= 4 is 29.3 Å². The SMILES string of the molecule is CSc1ccccc1NC(=O)C[NH+](C)CC(=O)N(Cc1ccccc1)[C@@H](C)C1CC1. The van der Waals surface area contributed by atoms with Gasteiger partial charge in [-0.3, -0.25) is 9.59 Å². The van der Waals surface area contributed by atoms with Crippen LogP contribution in [0.25, 0.3) is 0 Å². The minimum absolute atomic E-state index is 0.0772. The van der Waals surface area contributed by atoms with Gasteiger partial charge in [0, 0.05) is 17.5 Å². The maximum Gasteiger partial charge on any atom is 0.279 e. The van der Waals surface area contributed by atoms with E-state index in [1.807, 2.05) is 60.7 Å². The molecule has 0 spiro atoms. The summed E-state index contributed by atoms with van der Waals surface area (Å²) in [5.74, 6) is 0.629. The smallest absolute Gasteiger partial charge is 0.279 e. The molecular weight excluding hydrogens is 394 g/mol. The van der Waals surface area contributed by atoms with E-state index in [1.54, 1.807) is 11.8 Å². The zero-order valence-corrected chi connectivity index (χ0v) is 18.9. The molecule has 0 heterocycles. The van der Waals surface area contributed by atoms with Crippen molar-refractivity contribution < 1.29 is 14.5 Å². The second kappa shape index (κ2) is 10.6. The van der Waals surface area contributed by atoms with Gasteiger partial charge in [-0.2, -0.15) is 0 Å². The van der Waals surface area contributed by atoms with Crippen molar-refractivity contribution in [2.24, 2.45) is 5.92 Å². The van der Waals surface area contributed by atoms with E-state index >= 15 is 0 Å². The van der Waals surface area contributed by atoms with Crippen LogP contribution in [-0.2, 0) is 16.1 Å². The summed E-state index contributed by atoms with van der Waals surface area (Å²) in [6, 6.07) is 18.1. The number of carbonyl (C=O) groups excluding carboxylic acids is 2. The van der Waals surface area contributed by atoms with Crippen LogP contribution in [0.1, 0.15) is 25.3 Å². The van der Waals surface area contributed by atoms with Gasteiger partial charge >= 0.3 is 0 Å². The number of hydrogen-bond donors (Lipinski definition) is 2. The Morgan fingerprint density at radius 3 is 2.43 bits per heavy atom. The number of amides is 2. The van der Waals surface area contributed by atoms with Gasteiger partial charge in [-0.05, 0) is 49.6 Å². The standard InChI is InChI=1S/C24H31N3O2S/c1-18(20-13-14-20)27(15-19-9-5-4-6-10-19)24(29)17-26(2)16-23(28)25-21-11-7-8-12-22(21)30-3/h4-12,18,20H,13-17H2,1-3H3,(H,25,28)/p+1/t18-/m0/s1. The fraction of sp³-hybridized carbons (Fsp3) is 0.417. The van der Waals surface area contributed by atoms with Crippen LogP contribution in [0.5, 0.6) is 0 Å². The zero-order chi connectivity index (χ0) is 21.5. The lowest BCUT2D eigenvalue weighted by Gasteiger charge is -2.30. The predicted molar refractivity (Wildman–Crippen MR) is 123 cm³/mol. The summed E-state index contributed by atoms with van der Waals surface area (Å²) >= 11 is 1.60. The van der Waals surface area contributed by atoms with Gasteiger partial charge in [0.15, 0.2) is 13.1 Å². The molecule has 2 aromatic carbocycles. The molecule has 3 rings (SSSR count). The second-order valence-electron chi connectivity index (χ2n) is 8.14. The molecular formula is C24H32N3O2S+. The van der Waals surface area contributed by atoms with Crippen LogP contribution in [0.2, 0.25) is 0 Å². The predicted octanol–water partition coefficient (Wildman–Crippen LogP) is 2.69. The van der Waals surface area contributed by atoms with Crippen LogP contribution in [-0.4, -0.2) is 49.1 Å². The highest BCUT2D eigenvalue weighted by Crippen LogP contribution is 2.35. The first kappa shape index (κ1) is 22.4. The summed E-state index contributed by atoms with van der Waals surface area (Å²) < 4.78 is 0. The van der Waals surface area contributed by atoms with Crippen molar-refractivity contribution in [2.75, 3.05) is 31.7 Å². The van der Waals surface area contributed by atoms with Crippen molar-refractivity contribution in [3.8, 4) is 0 Å². The van der Waals surface area contributed by atoms with Crippen LogP contribution in [0.15, 0.2) is 59.5 Å². The molecule has 2 N–H and O–H groups in total. The summed E-state index contributed by atoms with van der Waals surface area (Å²) in [4.78, 5) is 29.6. The van der Waals surface area contributed by atoms with Gasteiger partial charge in [0.2, 0.25) is 0 Å². The molecule has 1 saturated carbocycles. The number of likely N-dealkylation sites (N-methyl/N-ethyl adjacent to an activating group) is 1. The van der Waals surface area contributed by atoms with Crippen LogP contribution in [0, 0.1) is 5.92 Å². The van der Waals surface area contributed by atoms with Gasteiger partial charge in [-0.15, -0.1) is 11.8 Å². The lowest BCUT2D eigenvalue weighted by Crippen LogP contribution is -3.11. The van der Waals surface area contributed by atoms with Crippen LogP contribution in [0.4, 0.5) is 5.69 Å². The van der Waals surface area contributed by atoms with Gasteiger partial charge in [0.1, 0.15) is 0 Å². The molecule has 2 amide bonds. The lowest BCUT2D eigenvalue weighted by atomic mass is 10.1. The number of carbonyl (C=O) groups is 2. The Morgan fingerprint density at radius 1 is 1.10 bits per heavy atom.